The molecule has 5 fully saturated rings. The topological polar surface area (TPSA) is 148 Å². The standard InChI is InChI=1S/C35H39N7O5S/c1-2-47-30-15-25(20-37-22-30)4-3-24-14-29(21-36-19-24)34(44)42-9-7-41(8-10-42)32-6-5-31(38-39-32)33(43)40-48(45,46)23-35-16-26-11-27(17-35)13-28(12-26)18-35/h5-6,14-15,19-22,26-28H,2,7-13,16-18,23H2,1H3,(H,40,43). The van der Waals surface area contributed by atoms with E-state index in [4.69, 9.17) is 4.74 Å². The van der Waals surface area contributed by atoms with Gasteiger partial charge in [0.1, 0.15) is 5.75 Å². The second-order valence-electron chi connectivity index (χ2n) is 13.7. The molecule has 0 spiro atoms. The van der Waals surface area contributed by atoms with E-state index in [1.165, 1.54) is 31.5 Å². The molecule has 1 aliphatic heterocycles. The van der Waals surface area contributed by atoms with Crippen LogP contribution in [-0.2, 0) is 10.0 Å². The van der Waals surface area contributed by atoms with Crippen molar-refractivity contribution in [1.82, 2.24) is 29.8 Å². The number of carbonyl (C=O) groups excluding carboxylic acids is 2. The molecule has 3 aromatic heterocycles. The highest BCUT2D eigenvalue weighted by atomic mass is 32.2. The fourth-order valence-electron chi connectivity index (χ4n) is 8.54. The number of hydrogen-bond donors (Lipinski definition) is 1. The van der Waals surface area contributed by atoms with Gasteiger partial charge in [-0.3, -0.25) is 19.6 Å². The first-order valence-corrected chi connectivity index (χ1v) is 18.3. The van der Waals surface area contributed by atoms with E-state index in [0.717, 1.165) is 19.3 Å². The summed E-state index contributed by atoms with van der Waals surface area (Å²) in [6.07, 6.45) is 13.0. The van der Waals surface area contributed by atoms with E-state index in [2.05, 4.69) is 36.7 Å². The molecule has 1 N–H and O–H groups in total. The second-order valence-corrected chi connectivity index (χ2v) is 15.4. The van der Waals surface area contributed by atoms with E-state index in [1.54, 1.807) is 35.6 Å². The van der Waals surface area contributed by atoms with Crippen LogP contribution in [0.5, 0.6) is 5.75 Å². The minimum Gasteiger partial charge on any atom is -0.492 e. The zero-order chi connectivity index (χ0) is 33.3. The lowest BCUT2D eigenvalue weighted by molar-refractivity contribution is -0.0391. The van der Waals surface area contributed by atoms with E-state index in [0.29, 0.717) is 78.8 Å². The van der Waals surface area contributed by atoms with E-state index < -0.39 is 15.9 Å². The maximum atomic E-state index is 13.3. The van der Waals surface area contributed by atoms with Crippen molar-refractivity contribution in [2.75, 3.05) is 43.4 Å². The molecule has 13 heteroatoms. The van der Waals surface area contributed by atoms with Gasteiger partial charge < -0.3 is 14.5 Å². The lowest BCUT2D eigenvalue weighted by atomic mass is 9.50. The number of pyridine rings is 2. The fourth-order valence-corrected chi connectivity index (χ4v) is 10.2. The van der Waals surface area contributed by atoms with Crippen molar-refractivity contribution in [2.45, 2.75) is 45.4 Å². The largest absolute Gasteiger partial charge is 0.492 e. The highest BCUT2D eigenvalue weighted by molar-refractivity contribution is 7.90. The number of rotatable bonds is 8. The van der Waals surface area contributed by atoms with Gasteiger partial charge >= 0.3 is 0 Å². The molecule has 4 bridgehead atoms. The highest BCUT2D eigenvalue weighted by Crippen LogP contribution is 2.60. The van der Waals surface area contributed by atoms with Crippen LogP contribution in [0.3, 0.4) is 0 Å². The van der Waals surface area contributed by atoms with Gasteiger partial charge in [-0.05, 0) is 92.9 Å². The Morgan fingerprint density at radius 1 is 0.896 bits per heavy atom. The van der Waals surface area contributed by atoms with E-state index in [-0.39, 0.29) is 22.8 Å². The highest BCUT2D eigenvalue weighted by Gasteiger charge is 2.52. The predicted molar refractivity (Wildman–Crippen MR) is 178 cm³/mol. The van der Waals surface area contributed by atoms with Crippen molar-refractivity contribution >= 4 is 27.7 Å². The molecule has 4 saturated carbocycles. The normalized spacial score (nSPS) is 24.5. The number of ether oxygens (including phenoxy) is 1. The minimum absolute atomic E-state index is 0.00136. The van der Waals surface area contributed by atoms with Gasteiger partial charge in [0.25, 0.3) is 11.8 Å². The van der Waals surface area contributed by atoms with Crippen LogP contribution < -0.4 is 14.4 Å². The van der Waals surface area contributed by atoms with Crippen LogP contribution in [-0.4, -0.2) is 83.8 Å². The number of aromatic nitrogens is 4. The zero-order valence-electron chi connectivity index (χ0n) is 27.0. The number of hydrogen-bond acceptors (Lipinski definition) is 10. The van der Waals surface area contributed by atoms with Crippen LogP contribution in [0.1, 0.15) is 77.4 Å². The Labute approximate surface area is 280 Å². The smallest absolute Gasteiger partial charge is 0.285 e. The molecular weight excluding hydrogens is 630 g/mol. The third kappa shape index (κ3) is 7.13. The molecule has 0 unspecified atom stereocenters. The molecule has 3 aromatic rings. The second kappa shape index (κ2) is 13.1. The predicted octanol–water partition coefficient (Wildman–Crippen LogP) is 3.30. The zero-order valence-corrected chi connectivity index (χ0v) is 27.8. The summed E-state index contributed by atoms with van der Waals surface area (Å²) in [5.41, 5.74) is 1.51. The number of carbonyl (C=O) groups is 2. The van der Waals surface area contributed by atoms with Crippen molar-refractivity contribution in [2.24, 2.45) is 23.2 Å². The summed E-state index contributed by atoms with van der Waals surface area (Å²) in [5.74, 6) is 8.27. The first-order chi connectivity index (χ1) is 23.2. The van der Waals surface area contributed by atoms with Crippen molar-refractivity contribution in [3.8, 4) is 17.6 Å². The van der Waals surface area contributed by atoms with E-state index >= 15 is 0 Å². The number of sulfonamides is 1. The summed E-state index contributed by atoms with van der Waals surface area (Å²) in [6.45, 7) is 4.38. The van der Waals surface area contributed by atoms with Gasteiger partial charge in [-0.25, -0.2) is 13.1 Å². The molecule has 5 aliphatic rings. The molecule has 2 amide bonds. The summed E-state index contributed by atoms with van der Waals surface area (Å²) < 4.78 is 33.9. The van der Waals surface area contributed by atoms with Gasteiger partial charge in [-0.15, -0.1) is 10.2 Å². The van der Waals surface area contributed by atoms with Crippen LogP contribution in [0.4, 0.5) is 5.82 Å². The van der Waals surface area contributed by atoms with Crippen LogP contribution in [0.25, 0.3) is 0 Å². The number of nitrogens with zero attached hydrogens (tertiary/aromatic N) is 6. The lowest BCUT2D eigenvalue weighted by Crippen LogP contribution is -2.51. The molecule has 8 rings (SSSR count). The number of piperazine rings is 1. The summed E-state index contributed by atoms with van der Waals surface area (Å²) >= 11 is 0. The average molecular weight is 670 g/mol. The van der Waals surface area contributed by atoms with Crippen LogP contribution >= 0.6 is 0 Å². The van der Waals surface area contributed by atoms with Crippen molar-refractivity contribution in [3.63, 3.8) is 0 Å². The average Bonchev–Trinajstić information content (AvgIpc) is 3.06. The Morgan fingerprint density at radius 2 is 1.54 bits per heavy atom. The molecule has 0 aromatic carbocycles. The number of amides is 2. The Hall–Kier alpha value is -4.57. The minimum atomic E-state index is -3.82. The molecule has 4 aliphatic carbocycles. The first-order valence-electron chi connectivity index (χ1n) is 16.6. The summed E-state index contributed by atoms with van der Waals surface area (Å²) in [7, 11) is -3.82. The lowest BCUT2D eigenvalue weighted by Gasteiger charge is -2.56. The van der Waals surface area contributed by atoms with E-state index in [1.807, 2.05) is 17.9 Å². The Bertz CT molecular complexity index is 1830. The van der Waals surface area contributed by atoms with E-state index in [9.17, 15) is 18.0 Å². The molecule has 12 nitrogen and oxygen atoms in total. The van der Waals surface area contributed by atoms with Gasteiger partial charge in [0.15, 0.2) is 11.5 Å². The monoisotopic (exact) mass is 669 g/mol. The van der Waals surface area contributed by atoms with Gasteiger partial charge in [0, 0.05) is 55.9 Å². The van der Waals surface area contributed by atoms with Gasteiger partial charge in [-0.2, -0.15) is 0 Å². The molecule has 48 heavy (non-hydrogen) atoms. The molecule has 1 saturated heterocycles. The maximum Gasteiger partial charge on any atom is 0.285 e. The molecule has 0 atom stereocenters. The number of nitrogens with one attached hydrogen (secondary N) is 1. The number of anilines is 1. The van der Waals surface area contributed by atoms with Crippen molar-refractivity contribution in [1.29, 1.82) is 0 Å². The SMILES string of the molecule is CCOc1cncc(C#Cc2cncc(C(=O)N3CCN(c4ccc(C(=O)NS(=O)(=O)CC56CC7CC(CC(C7)C5)C6)nn4)CC3)c2)c1. The van der Waals surface area contributed by atoms with Crippen molar-refractivity contribution in [3.05, 3.63) is 71.4 Å². The summed E-state index contributed by atoms with van der Waals surface area (Å²) in [4.78, 5) is 38.3. The maximum absolute atomic E-state index is 13.3. The van der Waals surface area contributed by atoms with Gasteiger partial charge in [0.2, 0.25) is 10.0 Å². The quantitative estimate of drug-likeness (QED) is 0.355. The molecular formula is C35H39N7O5S. The summed E-state index contributed by atoms with van der Waals surface area (Å²) in [6, 6.07) is 6.70. The van der Waals surface area contributed by atoms with Crippen LogP contribution in [0.15, 0.2) is 49.1 Å². The Morgan fingerprint density at radius 3 is 2.17 bits per heavy atom. The van der Waals surface area contributed by atoms with Gasteiger partial charge in [0.05, 0.1) is 24.1 Å². The van der Waals surface area contributed by atoms with Crippen LogP contribution in [0.2, 0.25) is 0 Å². The molecule has 0 radical (unpaired) electrons. The Balaban J connectivity index is 0.920. The third-order valence-electron chi connectivity index (χ3n) is 10.0. The summed E-state index contributed by atoms with van der Waals surface area (Å²) in [5, 5.41) is 8.26. The van der Waals surface area contributed by atoms with Crippen LogP contribution in [0, 0.1) is 35.0 Å². The fraction of sp³-hybridized carbons (Fsp3) is 0.486. The third-order valence-corrected chi connectivity index (χ3v) is 11.5. The van der Waals surface area contributed by atoms with Crippen molar-refractivity contribution < 1.29 is 22.7 Å². The van der Waals surface area contributed by atoms with Gasteiger partial charge in [-0.1, -0.05) is 11.8 Å². The first kappa shape index (κ1) is 32.0. The Kier molecular flexibility index (Phi) is 8.76. The molecule has 250 valence electrons. The molecule has 4 heterocycles.